The Morgan fingerprint density at radius 2 is 2.50 bits per heavy atom. The van der Waals surface area contributed by atoms with E-state index in [1.54, 1.807) is 6.92 Å². The molecule has 6 nitrogen and oxygen atoms in total. The van der Waals surface area contributed by atoms with Gasteiger partial charge in [0.25, 0.3) is 0 Å². The molecular weight excluding hydrogens is 158 g/mol. The van der Waals surface area contributed by atoms with Crippen LogP contribution in [0.5, 0.6) is 0 Å². The largest absolute Gasteiger partial charge is 0.393 e. The third kappa shape index (κ3) is 2.75. The molecule has 1 aromatic rings. The van der Waals surface area contributed by atoms with Gasteiger partial charge in [0.2, 0.25) is 11.9 Å². The van der Waals surface area contributed by atoms with Crippen LogP contribution in [0.25, 0.3) is 0 Å². The molecule has 6 heteroatoms. The molecule has 0 aromatic carbocycles. The van der Waals surface area contributed by atoms with Crippen molar-refractivity contribution in [3.8, 4) is 0 Å². The Bertz CT molecular complexity index is 234. The number of hydrogen-bond donors (Lipinski definition) is 4. The van der Waals surface area contributed by atoms with Gasteiger partial charge in [-0.1, -0.05) is 0 Å². The minimum Gasteiger partial charge on any atom is -0.393 e. The van der Waals surface area contributed by atoms with Crippen molar-refractivity contribution >= 4 is 11.9 Å². The summed E-state index contributed by atoms with van der Waals surface area (Å²) in [6.45, 7) is 2.36. The van der Waals surface area contributed by atoms with Gasteiger partial charge in [0.05, 0.1) is 6.10 Å². The molecule has 68 valence electrons. The standard InChI is InChI=1S/C6H13N5O/c1-4(12)2-3-8-6-9-5(7)10-11-6/h4,12H,2-3H2,1H3,(H4,7,8,9,10,11). The van der Waals surface area contributed by atoms with Crippen LogP contribution in [0.4, 0.5) is 11.9 Å². The normalized spacial score (nSPS) is 12.8. The van der Waals surface area contributed by atoms with Gasteiger partial charge in [-0.2, -0.15) is 4.98 Å². The van der Waals surface area contributed by atoms with Crippen LogP contribution in [-0.2, 0) is 0 Å². The summed E-state index contributed by atoms with van der Waals surface area (Å²) in [4.78, 5) is 3.83. The minimum absolute atomic E-state index is 0.287. The first-order valence-electron chi connectivity index (χ1n) is 3.78. The number of aliphatic hydroxyl groups excluding tert-OH is 1. The number of rotatable bonds is 4. The van der Waals surface area contributed by atoms with Crippen LogP contribution in [0, 0.1) is 0 Å². The maximum Gasteiger partial charge on any atom is 0.243 e. The molecule has 1 unspecified atom stereocenters. The van der Waals surface area contributed by atoms with Crippen molar-refractivity contribution in [3.05, 3.63) is 0 Å². The highest BCUT2D eigenvalue weighted by atomic mass is 16.3. The molecule has 0 saturated heterocycles. The predicted octanol–water partition coefficient (Wildman–Crippen LogP) is -0.430. The van der Waals surface area contributed by atoms with Crippen LogP contribution >= 0.6 is 0 Å². The molecule has 0 saturated carbocycles. The van der Waals surface area contributed by atoms with E-state index in [4.69, 9.17) is 10.8 Å². The fourth-order valence-corrected chi connectivity index (χ4v) is 0.746. The van der Waals surface area contributed by atoms with Crippen LogP contribution in [0.15, 0.2) is 0 Å². The third-order valence-electron chi connectivity index (χ3n) is 1.35. The van der Waals surface area contributed by atoms with Crippen molar-refractivity contribution in [1.82, 2.24) is 15.2 Å². The summed E-state index contributed by atoms with van der Waals surface area (Å²) in [6.07, 6.45) is 0.350. The molecule has 5 N–H and O–H groups in total. The monoisotopic (exact) mass is 171 g/mol. The second-order valence-corrected chi connectivity index (χ2v) is 2.61. The first-order valence-corrected chi connectivity index (χ1v) is 3.78. The first kappa shape index (κ1) is 8.79. The van der Waals surface area contributed by atoms with Crippen molar-refractivity contribution in [3.63, 3.8) is 0 Å². The molecule has 1 aromatic heterocycles. The molecule has 1 atom stereocenters. The van der Waals surface area contributed by atoms with Crippen LogP contribution in [-0.4, -0.2) is 32.9 Å². The molecule has 1 rings (SSSR count). The van der Waals surface area contributed by atoms with Crippen LogP contribution < -0.4 is 11.1 Å². The van der Waals surface area contributed by atoms with E-state index in [0.29, 0.717) is 18.9 Å². The maximum atomic E-state index is 8.92. The van der Waals surface area contributed by atoms with Crippen molar-refractivity contribution in [1.29, 1.82) is 0 Å². The lowest BCUT2D eigenvalue weighted by Gasteiger charge is -2.02. The van der Waals surface area contributed by atoms with Crippen LogP contribution in [0.3, 0.4) is 0 Å². The number of nitrogens with one attached hydrogen (secondary N) is 2. The second-order valence-electron chi connectivity index (χ2n) is 2.61. The van der Waals surface area contributed by atoms with Gasteiger partial charge in [-0.25, -0.2) is 5.10 Å². The Balaban J connectivity index is 2.24. The van der Waals surface area contributed by atoms with Gasteiger partial charge in [-0.15, -0.1) is 5.10 Å². The molecular formula is C6H13N5O. The molecule has 0 aliphatic heterocycles. The highest BCUT2D eigenvalue weighted by Crippen LogP contribution is 1.99. The zero-order valence-corrected chi connectivity index (χ0v) is 6.91. The van der Waals surface area contributed by atoms with E-state index in [0.717, 1.165) is 0 Å². The van der Waals surface area contributed by atoms with Gasteiger partial charge in [-0.3, -0.25) is 0 Å². The van der Waals surface area contributed by atoms with Gasteiger partial charge < -0.3 is 16.2 Å². The van der Waals surface area contributed by atoms with E-state index >= 15 is 0 Å². The van der Waals surface area contributed by atoms with E-state index in [1.165, 1.54) is 0 Å². The number of hydrogen-bond acceptors (Lipinski definition) is 5. The van der Waals surface area contributed by atoms with Gasteiger partial charge in [0, 0.05) is 6.54 Å². The number of nitrogens with two attached hydrogens (primary N) is 1. The SMILES string of the molecule is CC(O)CCNc1n[nH]c(N)n1. The zero-order chi connectivity index (χ0) is 8.97. The molecule has 0 radical (unpaired) electrons. The average molecular weight is 171 g/mol. The van der Waals surface area contributed by atoms with Crippen molar-refractivity contribution < 1.29 is 5.11 Å². The molecule has 0 spiro atoms. The summed E-state index contributed by atoms with van der Waals surface area (Å²) < 4.78 is 0. The quantitative estimate of drug-likeness (QED) is 0.492. The number of H-pyrrole nitrogens is 1. The van der Waals surface area contributed by atoms with E-state index in [1.807, 2.05) is 0 Å². The summed E-state index contributed by atoms with van der Waals surface area (Å²) >= 11 is 0. The van der Waals surface area contributed by atoms with Crippen LogP contribution in [0.1, 0.15) is 13.3 Å². The Labute approximate surface area is 70.2 Å². The lowest BCUT2D eigenvalue weighted by Crippen LogP contribution is -2.10. The van der Waals surface area contributed by atoms with Gasteiger partial charge in [0.1, 0.15) is 0 Å². The van der Waals surface area contributed by atoms with E-state index in [-0.39, 0.29) is 12.1 Å². The lowest BCUT2D eigenvalue weighted by molar-refractivity contribution is 0.188. The summed E-state index contributed by atoms with van der Waals surface area (Å²) in [5.41, 5.74) is 5.29. The van der Waals surface area contributed by atoms with Gasteiger partial charge in [-0.05, 0) is 13.3 Å². The van der Waals surface area contributed by atoms with E-state index in [2.05, 4.69) is 20.5 Å². The van der Waals surface area contributed by atoms with Crippen molar-refractivity contribution in [2.75, 3.05) is 17.6 Å². The summed E-state index contributed by atoms with van der Waals surface area (Å²) in [6, 6.07) is 0. The second kappa shape index (κ2) is 3.91. The smallest absolute Gasteiger partial charge is 0.243 e. The average Bonchev–Trinajstić information content (AvgIpc) is 2.35. The lowest BCUT2D eigenvalue weighted by atomic mass is 10.3. The number of aromatic nitrogens is 3. The van der Waals surface area contributed by atoms with E-state index < -0.39 is 0 Å². The number of nitrogen functional groups attached to an aromatic ring is 1. The number of aliphatic hydroxyl groups is 1. The zero-order valence-electron chi connectivity index (χ0n) is 6.91. The molecule has 0 aliphatic rings. The van der Waals surface area contributed by atoms with Crippen LogP contribution in [0.2, 0.25) is 0 Å². The molecule has 0 amide bonds. The predicted molar refractivity (Wildman–Crippen MR) is 45.6 cm³/mol. The fraction of sp³-hybridized carbons (Fsp3) is 0.667. The number of anilines is 2. The molecule has 1 heterocycles. The minimum atomic E-state index is -0.311. The van der Waals surface area contributed by atoms with Gasteiger partial charge in [0.15, 0.2) is 0 Å². The highest BCUT2D eigenvalue weighted by Gasteiger charge is 1.99. The topological polar surface area (TPSA) is 99.8 Å². The highest BCUT2D eigenvalue weighted by molar-refractivity contribution is 5.29. The van der Waals surface area contributed by atoms with Crippen molar-refractivity contribution in [2.45, 2.75) is 19.4 Å². The number of aromatic amines is 1. The molecule has 0 bridgehead atoms. The Hall–Kier alpha value is -1.30. The molecule has 0 fully saturated rings. The van der Waals surface area contributed by atoms with E-state index in [9.17, 15) is 0 Å². The number of nitrogens with zero attached hydrogens (tertiary/aromatic N) is 2. The fourth-order valence-electron chi connectivity index (χ4n) is 0.746. The van der Waals surface area contributed by atoms with Crippen molar-refractivity contribution in [2.24, 2.45) is 0 Å². The third-order valence-corrected chi connectivity index (χ3v) is 1.35. The first-order chi connectivity index (χ1) is 5.68. The Kier molecular flexibility index (Phi) is 2.87. The summed E-state index contributed by atoms with van der Waals surface area (Å²) in [5, 5.41) is 18.1. The van der Waals surface area contributed by atoms with Gasteiger partial charge >= 0.3 is 0 Å². The molecule has 0 aliphatic carbocycles. The summed E-state index contributed by atoms with van der Waals surface area (Å²) in [5.74, 6) is 0.752. The Morgan fingerprint density at radius 1 is 1.75 bits per heavy atom. The Morgan fingerprint density at radius 3 is 3.00 bits per heavy atom. The molecule has 12 heavy (non-hydrogen) atoms. The summed E-state index contributed by atoms with van der Waals surface area (Å²) in [7, 11) is 0. The maximum absolute atomic E-state index is 8.92.